The van der Waals surface area contributed by atoms with E-state index in [2.05, 4.69) is 61.0 Å². The van der Waals surface area contributed by atoms with E-state index in [9.17, 15) is 10.2 Å². The predicted octanol–water partition coefficient (Wildman–Crippen LogP) is 5.47. The summed E-state index contributed by atoms with van der Waals surface area (Å²) >= 11 is 0. The third kappa shape index (κ3) is 2.40. The first-order valence-electron chi connectivity index (χ1n) is 12.1. The van der Waals surface area contributed by atoms with Crippen molar-refractivity contribution >= 4 is 16.6 Å². The molecule has 0 aliphatic heterocycles. The van der Waals surface area contributed by atoms with Gasteiger partial charge in [-0.1, -0.05) is 38.1 Å². The third-order valence-electron chi connectivity index (χ3n) is 10.2. The number of allylic oxidation sites excluding steroid dienone is 1. The molecule has 30 heavy (non-hydrogen) atoms. The molecule has 3 nitrogen and oxygen atoms in total. The maximum absolute atomic E-state index is 11.7. The topological polar surface area (TPSA) is 45.4 Å². The van der Waals surface area contributed by atoms with E-state index in [1.54, 1.807) is 0 Å². The number of benzene rings is 1. The summed E-state index contributed by atoms with van der Waals surface area (Å²) in [6.45, 7) is 4.82. The van der Waals surface area contributed by atoms with Gasteiger partial charge < -0.3 is 14.8 Å². The molecule has 3 heteroatoms. The number of fused-ring (bicyclic) bond motifs is 6. The van der Waals surface area contributed by atoms with Crippen molar-refractivity contribution in [1.82, 2.24) is 4.57 Å². The van der Waals surface area contributed by atoms with Crippen LogP contribution in [-0.4, -0.2) is 27.0 Å². The molecule has 0 bridgehead atoms. The molecule has 4 aliphatic carbocycles. The van der Waals surface area contributed by atoms with Gasteiger partial charge in [0.15, 0.2) is 0 Å². The Balaban J connectivity index is 1.37. The highest BCUT2D eigenvalue weighted by atomic mass is 16.3. The summed E-state index contributed by atoms with van der Waals surface area (Å²) < 4.78 is 2.35. The molecular formula is C27H35NO2. The van der Waals surface area contributed by atoms with Crippen molar-refractivity contribution < 1.29 is 10.2 Å². The van der Waals surface area contributed by atoms with E-state index < -0.39 is 0 Å². The summed E-state index contributed by atoms with van der Waals surface area (Å²) in [5.74, 6) is 2.42. The average Bonchev–Trinajstić information content (AvgIpc) is 3.31. The number of para-hydroxylation sites is 1. The fraction of sp³-hybridized carbons (Fsp3) is 0.630. The highest BCUT2D eigenvalue weighted by molar-refractivity contribution is 5.84. The number of hydrogen-bond donors (Lipinski definition) is 2. The van der Waals surface area contributed by atoms with Gasteiger partial charge in [-0.2, -0.15) is 0 Å². The second kappa shape index (κ2) is 6.46. The second-order valence-corrected chi connectivity index (χ2v) is 11.2. The standard InChI is InChI=1S/C27H35NO2/c1-26-13-11-19(29)15-18(26)7-8-20-21-9-10-24(27(21,2)25(30)16-22(20)26)28-14-12-17-5-3-4-6-23(17)28/h3-6,10,12,14,18-22,25,29-30H,7-9,11,13,15-16H2,1-2H3/t18-,19+,20?,21?,22?,25?,26+,27+/m1/s1. The highest BCUT2D eigenvalue weighted by Gasteiger charge is 2.62. The van der Waals surface area contributed by atoms with Gasteiger partial charge in [0.2, 0.25) is 0 Å². The summed E-state index contributed by atoms with van der Waals surface area (Å²) in [5.41, 5.74) is 2.66. The molecular weight excluding hydrogens is 370 g/mol. The van der Waals surface area contributed by atoms with Crippen molar-refractivity contribution in [3.05, 3.63) is 42.6 Å². The van der Waals surface area contributed by atoms with Gasteiger partial charge >= 0.3 is 0 Å². The van der Waals surface area contributed by atoms with Gasteiger partial charge in [0, 0.05) is 17.3 Å². The van der Waals surface area contributed by atoms with Crippen molar-refractivity contribution in [2.45, 2.75) is 71.0 Å². The van der Waals surface area contributed by atoms with Crippen LogP contribution in [0.3, 0.4) is 0 Å². The quantitative estimate of drug-likeness (QED) is 0.661. The minimum absolute atomic E-state index is 0.111. The fourth-order valence-electron chi connectivity index (χ4n) is 8.41. The van der Waals surface area contributed by atoms with E-state index in [0.29, 0.717) is 23.7 Å². The molecule has 2 aromatic rings. The average molecular weight is 406 g/mol. The van der Waals surface area contributed by atoms with Crippen molar-refractivity contribution in [3.8, 4) is 0 Å². The van der Waals surface area contributed by atoms with Crippen LogP contribution < -0.4 is 0 Å². The van der Waals surface area contributed by atoms with Gasteiger partial charge in [-0.25, -0.2) is 0 Å². The highest BCUT2D eigenvalue weighted by Crippen LogP contribution is 2.67. The minimum Gasteiger partial charge on any atom is -0.393 e. The monoisotopic (exact) mass is 405 g/mol. The Morgan fingerprint density at radius 1 is 0.967 bits per heavy atom. The minimum atomic E-state index is -0.305. The Morgan fingerprint density at radius 2 is 1.80 bits per heavy atom. The second-order valence-electron chi connectivity index (χ2n) is 11.2. The Kier molecular flexibility index (Phi) is 4.12. The smallest absolute Gasteiger partial charge is 0.0654 e. The van der Waals surface area contributed by atoms with Gasteiger partial charge in [-0.3, -0.25) is 0 Å². The summed E-state index contributed by atoms with van der Waals surface area (Å²) in [6.07, 6.45) is 11.8. The summed E-state index contributed by atoms with van der Waals surface area (Å²) in [6, 6.07) is 10.8. The lowest BCUT2D eigenvalue weighted by Gasteiger charge is -2.61. The molecule has 0 radical (unpaired) electrons. The number of aliphatic hydroxyl groups excluding tert-OH is 2. The molecule has 8 atom stereocenters. The number of aliphatic hydroxyl groups is 2. The number of aromatic nitrogens is 1. The van der Waals surface area contributed by atoms with Gasteiger partial charge in [-0.15, -0.1) is 0 Å². The van der Waals surface area contributed by atoms with E-state index in [-0.39, 0.29) is 23.0 Å². The zero-order valence-electron chi connectivity index (χ0n) is 18.3. The number of nitrogens with zero attached hydrogens (tertiary/aromatic N) is 1. The molecule has 0 saturated heterocycles. The third-order valence-corrected chi connectivity index (χ3v) is 10.2. The van der Waals surface area contributed by atoms with Crippen LogP contribution in [0.1, 0.15) is 58.8 Å². The van der Waals surface area contributed by atoms with Crippen LogP contribution in [0.15, 0.2) is 42.6 Å². The largest absolute Gasteiger partial charge is 0.393 e. The number of hydrogen-bond acceptors (Lipinski definition) is 2. The van der Waals surface area contributed by atoms with Crippen molar-refractivity contribution in [3.63, 3.8) is 0 Å². The summed E-state index contributed by atoms with van der Waals surface area (Å²) in [5, 5.41) is 23.2. The first-order chi connectivity index (χ1) is 14.4. The molecule has 160 valence electrons. The van der Waals surface area contributed by atoms with Crippen LogP contribution >= 0.6 is 0 Å². The molecule has 0 spiro atoms. The number of rotatable bonds is 1. The van der Waals surface area contributed by atoms with Crippen LogP contribution in [0.2, 0.25) is 0 Å². The van der Waals surface area contributed by atoms with E-state index in [1.807, 2.05) is 0 Å². The van der Waals surface area contributed by atoms with E-state index in [1.165, 1.54) is 29.4 Å². The lowest BCUT2D eigenvalue weighted by molar-refractivity contribution is -0.151. The van der Waals surface area contributed by atoms with E-state index in [0.717, 1.165) is 32.1 Å². The normalized spacial score (nSPS) is 45.5. The summed E-state index contributed by atoms with van der Waals surface area (Å²) in [7, 11) is 0. The van der Waals surface area contributed by atoms with Crippen LogP contribution in [-0.2, 0) is 0 Å². The molecule has 1 heterocycles. The van der Waals surface area contributed by atoms with Crippen LogP contribution in [0.4, 0.5) is 0 Å². The molecule has 1 aromatic carbocycles. The van der Waals surface area contributed by atoms with Crippen LogP contribution in [0.25, 0.3) is 16.6 Å². The van der Waals surface area contributed by atoms with Gasteiger partial charge in [0.25, 0.3) is 0 Å². The van der Waals surface area contributed by atoms with E-state index in [4.69, 9.17) is 0 Å². The molecule has 2 N–H and O–H groups in total. The van der Waals surface area contributed by atoms with Crippen LogP contribution in [0, 0.1) is 34.5 Å². The Labute approximate surface area is 179 Å². The molecule has 3 saturated carbocycles. The Bertz CT molecular complexity index is 1010. The zero-order valence-corrected chi connectivity index (χ0v) is 18.3. The lowest BCUT2D eigenvalue weighted by Crippen LogP contribution is -2.58. The zero-order chi connectivity index (χ0) is 20.7. The lowest BCUT2D eigenvalue weighted by atomic mass is 9.44. The fourth-order valence-corrected chi connectivity index (χ4v) is 8.41. The Hall–Kier alpha value is -1.58. The molecule has 4 unspecified atom stereocenters. The van der Waals surface area contributed by atoms with Crippen molar-refractivity contribution in [1.29, 1.82) is 0 Å². The molecule has 4 aliphatic rings. The van der Waals surface area contributed by atoms with Crippen LogP contribution in [0.5, 0.6) is 0 Å². The van der Waals surface area contributed by atoms with Gasteiger partial charge in [-0.05, 0) is 91.6 Å². The van der Waals surface area contributed by atoms with Crippen molar-refractivity contribution in [2.75, 3.05) is 0 Å². The Morgan fingerprint density at radius 3 is 2.67 bits per heavy atom. The molecule has 3 fully saturated rings. The molecule has 6 rings (SSSR count). The summed E-state index contributed by atoms with van der Waals surface area (Å²) in [4.78, 5) is 0. The molecule has 0 amide bonds. The van der Waals surface area contributed by atoms with Gasteiger partial charge in [0.05, 0.1) is 17.7 Å². The van der Waals surface area contributed by atoms with Gasteiger partial charge in [0.1, 0.15) is 0 Å². The first-order valence-corrected chi connectivity index (χ1v) is 12.1. The SMILES string of the molecule is C[C@@]12C(n3ccc4ccccc43)=CCC1C1CC[C@@H]3C[C@@H](O)CC[C@]3(C)C1CC2O. The molecule has 1 aromatic heterocycles. The van der Waals surface area contributed by atoms with Crippen molar-refractivity contribution in [2.24, 2.45) is 34.5 Å². The predicted molar refractivity (Wildman–Crippen MR) is 121 cm³/mol. The first kappa shape index (κ1) is 19.1. The van der Waals surface area contributed by atoms with E-state index >= 15 is 0 Å². The maximum Gasteiger partial charge on any atom is 0.0654 e. The maximum atomic E-state index is 11.7.